The number of amides is 2. The van der Waals surface area contributed by atoms with Crippen LogP contribution in [0, 0.1) is 0 Å². The Kier molecular flexibility index (Phi) is 5.27. The van der Waals surface area contributed by atoms with E-state index in [0.717, 1.165) is 11.3 Å². The number of hydrogen-bond acceptors (Lipinski definition) is 6. The molecule has 0 aromatic rings. The second kappa shape index (κ2) is 7.20. The monoisotopic (exact) mass is 395 g/mol. The first kappa shape index (κ1) is 19.8. The zero-order valence-corrected chi connectivity index (χ0v) is 16.4. The number of nitrogens with two attached hydrogens (primary N) is 1. The normalized spacial score (nSPS) is 29.9. The predicted molar refractivity (Wildman–Crippen MR) is 101 cm³/mol. The number of ether oxygens (including phenoxy) is 1. The number of aliphatic carboxylic acids is 1. The third kappa shape index (κ3) is 3.58. The standard InChI is InChI=1S/C18H25N3O5S/c1-18(2)13(17(24)25)21-15(23)12(16(21)27-18)20-14(22)11(19)8-9-4-6-10(26-3)7-5-9/h4,7,11-13,16H,5-6,8,19H2,1-3H3,(H,20,22)(H,24,25)/t11?,12-,13+,16-/m1/s1. The summed E-state index contributed by atoms with van der Waals surface area (Å²) < 4.78 is 4.56. The number of nitrogens with zero attached hydrogens (tertiary/aromatic N) is 1. The first-order valence-corrected chi connectivity index (χ1v) is 9.73. The van der Waals surface area contributed by atoms with Crippen molar-refractivity contribution >= 4 is 29.5 Å². The first-order valence-electron chi connectivity index (χ1n) is 8.85. The molecule has 2 saturated heterocycles. The number of fused-ring (bicyclic) bond motifs is 1. The van der Waals surface area contributed by atoms with Crippen LogP contribution in [0.4, 0.5) is 0 Å². The molecule has 8 nitrogen and oxygen atoms in total. The van der Waals surface area contributed by atoms with Gasteiger partial charge in [-0.05, 0) is 32.8 Å². The van der Waals surface area contributed by atoms with Gasteiger partial charge in [-0.15, -0.1) is 11.8 Å². The number of nitrogens with one attached hydrogen (secondary N) is 1. The molecule has 3 aliphatic rings. The van der Waals surface area contributed by atoms with Crippen LogP contribution in [0.25, 0.3) is 0 Å². The van der Waals surface area contributed by atoms with Gasteiger partial charge in [0.05, 0.1) is 18.9 Å². The van der Waals surface area contributed by atoms with Gasteiger partial charge in [0.15, 0.2) is 0 Å². The Morgan fingerprint density at radius 3 is 2.70 bits per heavy atom. The number of β-lactam (4-membered cyclic amide) rings is 1. The van der Waals surface area contributed by atoms with E-state index < -0.39 is 34.7 Å². The minimum absolute atomic E-state index is 0.365. The van der Waals surface area contributed by atoms with Crippen LogP contribution in [0.2, 0.25) is 0 Å². The fourth-order valence-electron chi connectivity index (χ4n) is 3.77. The van der Waals surface area contributed by atoms with Crippen LogP contribution in [0.15, 0.2) is 23.5 Å². The van der Waals surface area contributed by atoms with Crippen molar-refractivity contribution in [2.45, 2.75) is 61.4 Å². The lowest BCUT2D eigenvalue weighted by atomic mass is 9.95. The Hall–Kier alpha value is -2.00. The van der Waals surface area contributed by atoms with Gasteiger partial charge in [0, 0.05) is 11.2 Å². The van der Waals surface area contributed by atoms with Crippen molar-refractivity contribution in [2.75, 3.05) is 7.11 Å². The average Bonchev–Trinajstić information content (AvgIpc) is 2.88. The van der Waals surface area contributed by atoms with Crippen LogP contribution >= 0.6 is 11.8 Å². The summed E-state index contributed by atoms with van der Waals surface area (Å²) >= 11 is 1.39. The molecule has 0 saturated carbocycles. The molecule has 0 aromatic carbocycles. The van der Waals surface area contributed by atoms with Gasteiger partial charge in [0.25, 0.3) is 0 Å². The zero-order valence-electron chi connectivity index (χ0n) is 15.6. The van der Waals surface area contributed by atoms with E-state index >= 15 is 0 Å². The van der Waals surface area contributed by atoms with E-state index in [2.05, 4.69) is 5.32 Å². The average molecular weight is 395 g/mol. The quantitative estimate of drug-likeness (QED) is 0.444. The molecular weight excluding hydrogens is 370 g/mol. The van der Waals surface area contributed by atoms with E-state index in [4.69, 9.17) is 10.5 Å². The number of hydrogen-bond donors (Lipinski definition) is 3. The Labute approximate surface area is 162 Å². The van der Waals surface area contributed by atoms with Gasteiger partial charge in [-0.25, -0.2) is 4.79 Å². The third-order valence-corrected chi connectivity index (χ3v) is 6.81. The SMILES string of the molecule is COC1=CCC(CC(N)C(=O)N[C@@H]2C(=O)N3[C@@H]2SC(C)(C)[C@@H]3C(=O)O)=CC1. The molecule has 0 spiro atoms. The number of allylic oxidation sites excluding steroid dienone is 2. The Balaban J connectivity index is 1.57. The lowest BCUT2D eigenvalue weighted by Gasteiger charge is -2.43. The summed E-state index contributed by atoms with van der Waals surface area (Å²) in [7, 11) is 1.62. The molecule has 4 N–H and O–H groups in total. The van der Waals surface area contributed by atoms with Crippen LogP contribution in [0.1, 0.15) is 33.1 Å². The van der Waals surface area contributed by atoms with Gasteiger partial charge >= 0.3 is 5.97 Å². The Bertz CT molecular complexity index is 733. The van der Waals surface area contributed by atoms with E-state index in [0.29, 0.717) is 19.3 Å². The predicted octanol–water partition coefficient (Wildman–Crippen LogP) is 0.586. The van der Waals surface area contributed by atoms with E-state index in [9.17, 15) is 19.5 Å². The number of carbonyl (C=O) groups is 3. The molecule has 3 rings (SSSR count). The lowest BCUT2D eigenvalue weighted by Crippen LogP contribution is -2.71. The van der Waals surface area contributed by atoms with Crippen LogP contribution in [0.5, 0.6) is 0 Å². The molecule has 148 valence electrons. The zero-order chi connectivity index (χ0) is 19.9. The molecule has 0 radical (unpaired) electrons. The van der Waals surface area contributed by atoms with Crippen LogP contribution in [-0.4, -0.2) is 63.1 Å². The second-order valence-corrected chi connectivity index (χ2v) is 9.31. The molecule has 0 aromatic heterocycles. The van der Waals surface area contributed by atoms with Crippen LogP contribution < -0.4 is 11.1 Å². The van der Waals surface area contributed by atoms with Crippen molar-refractivity contribution in [3.05, 3.63) is 23.5 Å². The second-order valence-electron chi connectivity index (χ2n) is 7.54. The number of rotatable bonds is 6. The Morgan fingerprint density at radius 1 is 1.44 bits per heavy atom. The van der Waals surface area contributed by atoms with E-state index in [1.54, 1.807) is 21.0 Å². The summed E-state index contributed by atoms with van der Waals surface area (Å²) in [5.41, 5.74) is 7.08. The third-order valence-electron chi connectivity index (χ3n) is 5.24. The van der Waals surface area contributed by atoms with Gasteiger partial charge in [-0.2, -0.15) is 0 Å². The maximum absolute atomic E-state index is 12.5. The fourth-order valence-corrected chi connectivity index (χ4v) is 5.40. The van der Waals surface area contributed by atoms with Crippen molar-refractivity contribution in [2.24, 2.45) is 5.73 Å². The molecule has 1 unspecified atom stereocenters. The summed E-state index contributed by atoms with van der Waals surface area (Å²) in [6, 6.07) is -2.38. The molecule has 27 heavy (non-hydrogen) atoms. The fraction of sp³-hybridized carbons (Fsp3) is 0.611. The van der Waals surface area contributed by atoms with Gasteiger partial charge in [-0.1, -0.05) is 11.6 Å². The summed E-state index contributed by atoms with van der Waals surface area (Å²) in [5, 5.41) is 11.8. The van der Waals surface area contributed by atoms with Crippen LogP contribution in [0.3, 0.4) is 0 Å². The van der Waals surface area contributed by atoms with Gasteiger partial charge in [-0.3, -0.25) is 9.59 Å². The molecule has 2 aliphatic heterocycles. The lowest BCUT2D eigenvalue weighted by molar-refractivity contribution is -0.161. The van der Waals surface area contributed by atoms with Gasteiger partial charge < -0.3 is 25.8 Å². The molecule has 0 bridgehead atoms. The van der Waals surface area contributed by atoms with Crippen molar-refractivity contribution in [1.29, 1.82) is 0 Å². The van der Waals surface area contributed by atoms with Crippen molar-refractivity contribution in [1.82, 2.24) is 10.2 Å². The summed E-state index contributed by atoms with van der Waals surface area (Å²) in [6.07, 6.45) is 5.75. The number of carboxylic acids is 1. The molecule has 2 amide bonds. The number of thioether (sulfide) groups is 1. The first-order chi connectivity index (χ1) is 12.7. The van der Waals surface area contributed by atoms with E-state index in [1.165, 1.54) is 16.7 Å². The molecule has 4 atom stereocenters. The summed E-state index contributed by atoms with van der Waals surface area (Å²) in [4.78, 5) is 37.7. The number of methoxy groups -OCH3 is 1. The Morgan fingerprint density at radius 2 is 2.15 bits per heavy atom. The topological polar surface area (TPSA) is 122 Å². The minimum atomic E-state index is -1.03. The molecule has 9 heteroatoms. The van der Waals surface area contributed by atoms with E-state index in [-0.39, 0.29) is 11.3 Å². The molecule has 1 aliphatic carbocycles. The highest BCUT2D eigenvalue weighted by molar-refractivity contribution is 8.01. The minimum Gasteiger partial charge on any atom is -0.501 e. The highest BCUT2D eigenvalue weighted by atomic mass is 32.2. The van der Waals surface area contributed by atoms with Crippen molar-refractivity contribution in [3.63, 3.8) is 0 Å². The van der Waals surface area contributed by atoms with E-state index in [1.807, 2.05) is 12.2 Å². The van der Waals surface area contributed by atoms with Crippen molar-refractivity contribution in [3.8, 4) is 0 Å². The smallest absolute Gasteiger partial charge is 0.327 e. The van der Waals surface area contributed by atoms with Crippen LogP contribution in [-0.2, 0) is 19.1 Å². The van der Waals surface area contributed by atoms with Crippen molar-refractivity contribution < 1.29 is 24.2 Å². The molecule has 2 heterocycles. The highest BCUT2D eigenvalue weighted by Crippen LogP contribution is 2.50. The summed E-state index contributed by atoms with van der Waals surface area (Å²) in [5.74, 6) is -0.897. The largest absolute Gasteiger partial charge is 0.501 e. The molecular formula is C18H25N3O5S. The van der Waals surface area contributed by atoms with Gasteiger partial charge in [0.2, 0.25) is 11.8 Å². The number of carbonyl (C=O) groups excluding carboxylic acids is 2. The highest BCUT2D eigenvalue weighted by Gasteiger charge is 2.64. The van der Waals surface area contributed by atoms with Gasteiger partial charge in [0.1, 0.15) is 17.5 Å². The maximum Gasteiger partial charge on any atom is 0.327 e. The summed E-state index contributed by atoms with van der Waals surface area (Å²) in [6.45, 7) is 3.59. The maximum atomic E-state index is 12.5. The molecule has 2 fully saturated rings. The number of carboxylic acid groups (broad SMARTS) is 1.